The molecule has 2 rings (SSSR count). The number of hydrogen-bond acceptors (Lipinski definition) is 5. The Kier molecular flexibility index (Phi) is 4.18. The van der Waals surface area contributed by atoms with Gasteiger partial charge in [-0.15, -0.1) is 5.10 Å². The van der Waals surface area contributed by atoms with Gasteiger partial charge in [-0.3, -0.25) is 4.68 Å². The van der Waals surface area contributed by atoms with E-state index in [4.69, 9.17) is 17.3 Å². The second-order valence-electron chi connectivity index (χ2n) is 6.02. The lowest BCUT2D eigenvalue weighted by Crippen LogP contribution is -2.20. The van der Waals surface area contributed by atoms with E-state index in [-0.39, 0.29) is 11.5 Å². The molecule has 0 radical (unpaired) electrons. The fourth-order valence-corrected chi connectivity index (χ4v) is 3.29. The van der Waals surface area contributed by atoms with Crippen LogP contribution in [0.5, 0.6) is 0 Å². The Hall–Kier alpha value is -0.980. The zero-order chi connectivity index (χ0) is 15.1. The average Bonchev–Trinajstić information content (AvgIpc) is 2.90. The molecule has 2 N–H and O–H groups in total. The van der Waals surface area contributed by atoms with Crippen molar-refractivity contribution in [3.63, 3.8) is 0 Å². The summed E-state index contributed by atoms with van der Waals surface area (Å²) in [6, 6.07) is -0.162. The van der Waals surface area contributed by atoms with Crippen molar-refractivity contribution >= 4 is 23.1 Å². The van der Waals surface area contributed by atoms with Gasteiger partial charge in [0.1, 0.15) is 5.15 Å². The molecule has 0 aromatic carbocycles. The number of halogens is 1. The van der Waals surface area contributed by atoms with Crippen molar-refractivity contribution in [1.82, 2.24) is 19.4 Å². The zero-order valence-corrected chi connectivity index (χ0v) is 14.0. The first-order valence-corrected chi connectivity index (χ1v) is 7.63. The maximum Gasteiger partial charge on any atom is 0.130 e. The van der Waals surface area contributed by atoms with Crippen molar-refractivity contribution in [2.24, 2.45) is 12.8 Å². The van der Waals surface area contributed by atoms with Crippen molar-refractivity contribution < 1.29 is 0 Å². The molecule has 1 unspecified atom stereocenters. The van der Waals surface area contributed by atoms with E-state index in [2.05, 4.69) is 35.5 Å². The average molecular weight is 314 g/mol. The standard InChI is InChI=1S/C13H20ClN5S/c1-7-8(12(14)19(5)17-7)6-9(15)10-11(13(2,3)4)16-18-20-10/h9H,6,15H2,1-5H3. The molecule has 2 heterocycles. The smallest absolute Gasteiger partial charge is 0.130 e. The van der Waals surface area contributed by atoms with E-state index in [9.17, 15) is 0 Å². The Morgan fingerprint density at radius 2 is 2.05 bits per heavy atom. The van der Waals surface area contributed by atoms with E-state index in [1.54, 1.807) is 4.68 Å². The molecule has 1 atom stereocenters. The van der Waals surface area contributed by atoms with Gasteiger partial charge in [0, 0.05) is 24.1 Å². The molecule has 0 aliphatic carbocycles. The van der Waals surface area contributed by atoms with Gasteiger partial charge in [-0.1, -0.05) is 36.9 Å². The van der Waals surface area contributed by atoms with E-state index in [0.717, 1.165) is 21.8 Å². The molecule has 0 amide bonds. The van der Waals surface area contributed by atoms with E-state index >= 15 is 0 Å². The van der Waals surface area contributed by atoms with Crippen molar-refractivity contribution in [2.45, 2.75) is 45.6 Å². The minimum atomic E-state index is -0.162. The number of hydrogen-bond donors (Lipinski definition) is 1. The largest absolute Gasteiger partial charge is 0.323 e. The predicted octanol–water partition coefficient (Wildman–Crippen LogP) is 2.77. The first-order chi connectivity index (χ1) is 9.21. The van der Waals surface area contributed by atoms with Gasteiger partial charge in [0.05, 0.1) is 16.3 Å². The van der Waals surface area contributed by atoms with E-state index in [1.165, 1.54) is 11.5 Å². The van der Waals surface area contributed by atoms with Gasteiger partial charge >= 0.3 is 0 Å². The van der Waals surface area contributed by atoms with Crippen molar-refractivity contribution in [2.75, 3.05) is 0 Å². The van der Waals surface area contributed by atoms with Gasteiger partial charge in [0.25, 0.3) is 0 Å². The Morgan fingerprint density at radius 3 is 2.55 bits per heavy atom. The van der Waals surface area contributed by atoms with Gasteiger partial charge in [-0.05, 0) is 24.9 Å². The van der Waals surface area contributed by atoms with Crippen LogP contribution in [-0.4, -0.2) is 19.4 Å². The number of nitrogens with two attached hydrogens (primary N) is 1. The summed E-state index contributed by atoms with van der Waals surface area (Å²) < 4.78 is 5.73. The van der Waals surface area contributed by atoms with E-state index in [1.807, 2.05) is 14.0 Å². The van der Waals surface area contributed by atoms with Crippen LogP contribution in [0.2, 0.25) is 5.15 Å². The highest BCUT2D eigenvalue weighted by molar-refractivity contribution is 7.05. The van der Waals surface area contributed by atoms with Crippen LogP contribution in [0.4, 0.5) is 0 Å². The zero-order valence-electron chi connectivity index (χ0n) is 12.4. The molecule has 2 aromatic heterocycles. The summed E-state index contributed by atoms with van der Waals surface area (Å²) in [6.07, 6.45) is 0.644. The quantitative estimate of drug-likeness (QED) is 0.946. The molecule has 0 aliphatic rings. The summed E-state index contributed by atoms with van der Waals surface area (Å²) in [5.41, 5.74) is 9.17. The number of aromatic nitrogens is 4. The SMILES string of the molecule is Cc1nn(C)c(Cl)c1CC(N)c1snnc1C(C)(C)C. The third kappa shape index (κ3) is 2.87. The summed E-state index contributed by atoms with van der Waals surface area (Å²) in [4.78, 5) is 1.02. The maximum absolute atomic E-state index is 6.35. The molecule has 7 heteroatoms. The van der Waals surface area contributed by atoms with Gasteiger partial charge in [-0.2, -0.15) is 5.10 Å². The number of aryl methyl sites for hydroxylation is 2. The molecule has 5 nitrogen and oxygen atoms in total. The van der Waals surface area contributed by atoms with Crippen LogP contribution in [0.1, 0.15) is 48.6 Å². The van der Waals surface area contributed by atoms with Gasteiger partial charge in [0.15, 0.2) is 0 Å². The van der Waals surface area contributed by atoms with Crippen LogP contribution in [0.3, 0.4) is 0 Å². The highest BCUT2D eigenvalue weighted by Gasteiger charge is 2.27. The lowest BCUT2D eigenvalue weighted by Gasteiger charge is -2.19. The minimum absolute atomic E-state index is 0.0618. The monoisotopic (exact) mass is 313 g/mol. The lowest BCUT2D eigenvalue weighted by atomic mass is 9.89. The summed E-state index contributed by atoms with van der Waals surface area (Å²) >= 11 is 7.63. The highest BCUT2D eigenvalue weighted by Crippen LogP contribution is 2.32. The molecular weight excluding hydrogens is 294 g/mol. The number of rotatable bonds is 3. The lowest BCUT2D eigenvalue weighted by molar-refractivity contribution is 0.550. The molecule has 0 saturated carbocycles. The van der Waals surface area contributed by atoms with Crippen molar-refractivity contribution in [3.8, 4) is 0 Å². The van der Waals surface area contributed by atoms with Crippen LogP contribution in [0.25, 0.3) is 0 Å². The number of nitrogens with zero attached hydrogens (tertiary/aromatic N) is 4. The second-order valence-corrected chi connectivity index (χ2v) is 7.17. The van der Waals surface area contributed by atoms with Crippen LogP contribution >= 0.6 is 23.1 Å². The molecule has 0 aliphatic heterocycles. The third-order valence-electron chi connectivity index (χ3n) is 3.25. The predicted molar refractivity (Wildman–Crippen MR) is 82.2 cm³/mol. The van der Waals surface area contributed by atoms with Crippen molar-refractivity contribution in [1.29, 1.82) is 0 Å². The summed E-state index contributed by atoms with van der Waals surface area (Å²) in [6.45, 7) is 8.29. The van der Waals surface area contributed by atoms with E-state index in [0.29, 0.717) is 11.6 Å². The summed E-state index contributed by atoms with van der Waals surface area (Å²) in [5, 5.41) is 9.20. The van der Waals surface area contributed by atoms with Gasteiger partial charge < -0.3 is 5.73 Å². The fraction of sp³-hybridized carbons (Fsp3) is 0.615. The Labute approximate surface area is 128 Å². The topological polar surface area (TPSA) is 69.6 Å². The van der Waals surface area contributed by atoms with E-state index < -0.39 is 0 Å². The van der Waals surface area contributed by atoms with Gasteiger partial charge in [-0.25, -0.2) is 0 Å². The first-order valence-electron chi connectivity index (χ1n) is 6.48. The molecule has 2 aromatic rings. The summed E-state index contributed by atoms with van der Waals surface area (Å²) in [7, 11) is 1.83. The first kappa shape index (κ1) is 15.4. The van der Waals surface area contributed by atoms with Crippen LogP contribution < -0.4 is 5.73 Å². The third-order valence-corrected chi connectivity index (χ3v) is 4.58. The molecule has 110 valence electrons. The second kappa shape index (κ2) is 5.42. The van der Waals surface area contributed by atoms with Gasteiger partial charge in [0.2, 0.25) is 0 Å². The Morgan fingerprint density at radius 1 is 1.40 bits per heavy atom. The summed E-state index contributed by atoms with van der Waals surface area (Å²) in [5.74, 6) is 0. The minimum Gasteiger partial charge on any atom is -0.323 e. The fourth-order valence-electron chi connectivity index (χ4n) is 2.18. The van der Waals surface area contributed by atoms with Crippen LogP contribution in [0, 0.1) is 6.92 Å². The Bertz CT molecular complexity index is 611. The molecule has 20 heavy (non-hydrogen) atoms. The Balaban J connectivity index is 2.29. The highest BCUT2D eigenvalue weighted by atomic mass is 35.5. The molecule has 0 saturated heterocycles. The van der Waals surface area contributed by atoms with Crippen LogP contribution in [0.15, 0.2) is 0 Å². The molecule has 0 fully saturated rings. The van der Waals surface area contributed by atoms with Crippen LogP contribution in [-0.2, 0) is 18.9 Å². The molecular formula is C13H20ClN5S. The maximum atomic E-state index is 6.35. The molecule has 0 spiro atoms. The normalized spacial score (nSPS) is 13.8. The van der Waals surface area contributed by atoms with Crippen molar-refractivity contribution in [3.05, 3.63) is 27.0 Å². The molecule has 0 bridgehead atoms.